The van der Waals surface area contributed by atoms with Gasteiger partial charge in [0, 0.05) is 0 Å². The van der Waals surface area contributed by atoms with E-state index in [4.69, 9.17) is 8.83 Å². The Labute approximate surface area is 103 Å². The molecule has 4 nitrogen and oxygen atoms in total. The summed E-state index contributed by atoms with van der Waals surface area (Å²) < 4.78 is 10.0. The number of nitrogens with zero attached hydrogens (tertiary/aromatic N) is 2. The second-order valence-corrected chi connectivity index (χ2v) is 3.64. The highest BCUT2D eigenvalue weighted by Crippen LogP contribution is 2.09. The second kappa shape index (κ2) is 4.71. The maximum Gasteiger partial charge on any atom is 0.181 e. The van der Waals surface area contributed by atoms with E-state index in [2.05, 4.69) is 9.97 Å². The lowest BCUT2D eigenvalue weighted by Gasteiger charge is -1.79. The average Bonchev–Trinajstić information content (AvgIpc) is 3.08. The predicted molar refractivity (Wildman–Crippen MR) is 68.0 cm³/mol. The summed E-state index contributed by atoms with van der Waals surface area (Å²) in [6, 6.07) is 15.3. The Morgan fingerprint density at radius 3 is 1.50 bits per heavy atom. The van der Waals surface area contributed by atoms with Gasteiger partial charge in [-0.3, -0.25) is 0 Å². The minimum Gasteiger partial charge on any atom is -0.443 e. The molecule has 4 rings (SSSR count). The molecule has 0 saturated heterocycles. The third-order valence-corrected chi connectivity index (χ3v) is 2.47. The zero-order valence-electron chi connectivity index (χ0n) is 9.48. The van der Waals surface area contributed by atoms with Crippen LogP contribution in [-0.4, -0.2) is 9.97 Å². The van der Waals surface area contributed by atoms with E-state index in [0.29, 0.717) is 0 Å². The number of para-hydroxylation sites is 4. The molecule has 0 unspecified atom stereocenters. The average molecular weight is 238 g/mol. The summed E-state index contributed by atoms with van der Waals surface area (Å²) >= 11 is 0. The van der Waals surface area contributed by atoms with E-state index in [1.165, 1.54) is 12.8 Å². The minimum atomic E-state index is 0.845. The van der Waals surface area contributed by atoms with Crippen LogP contribution in [0.3, 0.4) is 0 Å². The smallest absolute Gasteiger partial charge is 0.181 e. The molecule has 0 spiro atoms. The van der Waals surface area contributed by atoms with Crippen LogP contribution in [0, 0.1) is 0 Å². The first-order chi connectivity index (χ1) is 8.93. The third kappa shape index (κ3) is 2.08. The fourth-order valence-electron chi connectivity index (χ4n) is 1.61. The Balaban J connectivity index is 0.000000111. The van der Waals surface area contributed by atoms with Crippen molar-refractivity contribution >= 4 is 22.2 Å². The topological polar surface area (TPSA) is 52.1 Å². The number of oxazole rings is 2. The van der Waals surface area contributed by atoms with Crippen LogP contribution in [-0.2, 0) is 0 Å². The molecule has 0 fully saturated rings. The lowest BCUT2D eigenvalue weighted by molar-refractivity contribution is 0.602. The van der Waals surface area contributed by atoms with Crippen molar-refractivity contribution in [3.8, 4) is 0 Å². The van der Waals surface area contributed by atoms with Gasteiger partial charge in [0.2, 0.25) is 0 Å². The monoisotopic (exact) mass is 238 g/mol. The van der Waals surface area contributed by atoms with Crippen molar-refractivity contribution in [2.45, 2.75) is 0 Å². The highest BCUT2D eigenvalue weighted by molar-refractivity contribution is 5.71. The molecule has 18 heavy (non-hydrogen) atoms. The Hall–Kier alpha value is -2.62. The molecule has 2 aromatic carbocycles. The maximum atomic E-state index is 5.01. The largest absolute Gasteiger partial charge is 0.443 e. The summed E-state index contributed by atoms with van der Waals surface area (Å²) in [5.41, 5.74) is 3.52. The van der Waals surface area contributed by atoms with Crippen molar-refractivity contribution < 1.29 is 8.83 Å². The van der Waals surface area contributed by atoms with Crippen LogP contribution < -0.4 is 0 Å². The van der Waals surface area contributed by atoms with Crippen LogP contribution in [0.2, 0.25) is 0 Å². The number of hydrogen-bond donors (Lipinski definition) is 0. The predicted octanol–water partition coefficient (Wildman–Crippen LogP) is 3.66. The molecule has 4 aromatic rings. The van der Waals surface area contributed by atoms with Gasteiger partial charge >= 0.3 is 0 Å². The van der Waals surface area contributed by atoms with Gasteiger partial charge < -0.3 is 8.83 Å². The molecule has 88 valence electrons. The van der Waals surface area contributed by atoms with E-state index in [0.717, 1.165) is 22.2 Å². The van der Waals surface area contributed by atoms with Gasteiger partial charge in [0.25, 0.3) is 0 Å². The number of aromatic nitrogens is 2. The molecule has 0 N–H and O–H groups in total. The summed E-state index contributed by atoms with van der Waals surface area (Å²) in [6.45, 7) is 0. The van der Waals surface area contributed by atoms with Gasteiger partial charge in [0.15, 0.2) is 24.0 Å². The second-order valence-electron chi connectivity index (χ2n) is 3.64. The van der Waals surface area contributed by atoms with Crippen LogP contribution in [0.25, 0.3) is 22.2 Å². The van der Waals surface area contributed by atoms with Crippen molar-refractivity contribution in [1.82, 2.24) is 9.97 Å². The fourth-order valence-corrected chi connectivity index (χ4v) is 1.61. The Morgan fingerprint density at radius 1 is 0.611 bits per heavy atom. The van der Waals surface area contributed by atoms with Gasteiger partial charge in [0.1, 0.15) is 11.0 Å². The molecular formula is C14H10N2O2. The molecule has 0 atom stereocenters. The molecule has 0 aliphatic rings. The van der Waals surface area contributed by atoms with Crippen LogP contribution in [0.4, 0.5) is 0 Å². The van der Waals surface area contributed by atoms with Gasteiger partial charge in [-0.15, -0.1) is 0 Å². The van der Waals surface area contributed by atoms with Gasteiger partial charge in [0.05, 0.1) is 0 Å². The zero-order valence-corrected chi connectivity index (χ0v) is 9.48. The minimum absolute atomic E-state index is 0.845. The van der Waals surface area contributed by atoms with E-state index >= 15 is 0 Å². The van der Waals surface area contributed by atoms with Crippen LogP contribution in [0.5, 0.6) is 0 Å². The quantitative estimate of drug-likeness (QED) is 0.469. The molecular weight excluding hydrogens is 228 g/mol. The number of fused-ring (bicyclic) bond motifs is 2. The first-order valence-corrected chi connectivity index (χ1v) is 5.50. The maximum absolute atomic E-state index is 5.01. The molecule has 0 aliphatic heterocycles. The molecule has 0 saturated carbocycles. The van der Waals surface area contributed by atoms with Crippen molar-refractivity contribution in [1.29, 1.82) is 0 Å². The van der Waals surface area contributed by atoms with Crippen molar-refractivity contribution in [3.05, 3.63) is 61.3 Å². The molecule has 0 bridgehead atoms. The highest BCUT2D eigenvalue weighted by Gasteiger charge is 1.92. The lowest BCUT2D eigenvalue weighted by atomic mass is 10.3. The van der Waals surface area contributed by atoms with Crippen molar-refractivity contribution in [2.24, 2.45) is 0 Å². The van der Waals surface area contributed by atoms with E-state index in [-0.39, 0.29) is 0 Å². The fraction of sp³-hybridized carbons (Fsp3) is 0. The Kier molecular flexibility index (Phi) is 2.75. The van der Waals surface area contributed by atoms with Gasteiger partial charge in [-0.2, -0.15) is 0 Å². The Morgan fingerprint density at radius 2 is 1.06 bits per heavy atom. The van der Waals surface area contributed by atoms with Crippen molar-refractivity contribution in [2.75, 3.05) is 0 Å². The van der Waals surface area contributed by atoms with Crippen molar-refractivity contribution in [3.63, 3.8) is 0 Å². The van der Waals surface area contributed by atoms with E-state index in [1.54, 1.807) is 0 Å². The SMILES string of the molecule is c1ccc2ocnc2c1.c1ccc2ocnc2c1. The third-order valence-electron chi connectivity index (χ3n) is 2.47. The standard InChI is InChI=1S/2C7H5NO/c2*1-2-4-7-6(3-1)8-5-9-7/h2*1-5H. The summed E-state index contributed by atoms with van der Waals surface area (Å²) in [4.78, 5) is 7.90. The normalized spacial score (nSPS) is 10.2. The molecule has 4 heteroatoms. The Bertz CT molecular complexity index is 632. The first-order valence-electron chi connectivity index (χ1n) is 5.50. The van der Waals surface area contributed by atoms with Gasteiger partial charge in [-0.25, -0.2) is 9.97 Å². The van der Waals surface area contributed by atoms with Gasteiger partial charge in [-0.05, 0) is 24.3 Å². The number of hydrogen-bond acceptors (Lipinski definition) is 4. The molecule has 0 radical (unpaired) electrons. The van der Waals surface area contributed by atoms with E-state index in [9.17, 15) is 0 Å². The molecule has 2 heterocycles. The van der Waals surface area contributed by atoms with E-state index < -0.39 is 0 Å². The molecule has 2 aromatic heterocycles. The number of rotatable bonds is 0. The lowest BCUT2D eigenvalue weighted by Crippen LogP contribution is -1.61. The first kappa shape index (κ1) is 10.5. The zero-order chi connectivity index (χ0) is 12.2. The van der Waals surface area contributed by atoms with Crippen LogP contribution >= 0.6 is 0 Å². The number of benzene rings is 2. The van der Waals surface area contributed by atoms with Crippen LogP contribution in [0.15, 0.2) is 70.2 Å². The molecule has 0 amide bonds. The summed E-state index contributed by atoms with van der Waals surface area (Å²) in [6.07, 6.45) is 2.90. The summed E-state index contributed by atoms with van der Waals surface area (Å²) in [7, 11) is 0. The van der Waals surface area contributed by atoms with Gasteiger partial charge in [-0.1, -0.05) is 24.3 Å². The summed E-state index contributed by atoms with van der Waals surface area (Å²) in [5.74, 6) is 0. The summed E-state index contributed by atoms with van der Waals surface area (Å²) in [5, 5.41) is 0. The van der Waals surface area contributed by atoms with E-state index in [1.807, 2.05) is 48.5 Å². The molecule has 0 aliphatic carbocycles. The highest BCUT2D eigenvalue weighted by atomic mass is 16.3. The van der Waals surface area contributed by atoms with Crippen LogP contribution in [0.1, 0.15) is 0 Å².